The molecule has 26 heavy (non-hydrogen) atoms. The summed E-state index contributed by atoms with van der Waals surface area (Å²) < 4.78 is 5.31. The van der Waals surface area contributed by atoms with Crippen molar-refractivity contribution in [1.29, 1.82) is 0 Å². The summed E-state index contributed by atoms with van der Waals surface area (Å²) in [4.78, 5) is 12.1. The number of hydrogen-bond acceptors (Lipinski definition) is 5. The van der Waals surface area contributed by atoms with Crippen LogP contribution >= 0.6 is 12.4 Å². The van der Waals surface area contributed by atoms with Crippen molar-refractivity contribution in [1.82, 2.24) is 5.32 Å². The maximum absolute atomic E-state index is 12.1. The van der Waals surface area contributed by atoms with E-state index < -0.39 is 6.10 Å². The molecule has 0 radical (unpaired) electrons. The summed E-state index contributed by atoms with van der Waals surface area (Å²) in [6, 6.07) is 4.68. The van der Waals surface area contributed by atoms with E-state index in [1.807, 2.05) is 20.8 Å². The second kappa shape index (κ2) is 10.1. The number of aromatic hydroxyl groups is 1. The van der Waals surface area contributed by atoms with Crippen molar-refractivity contribution in [3.63, 3.8) is 0 Å². The van der Waals surface area contributed by atoms with Gasteiger partial charge in [0.25, 0.3) is 0 Å². The van der Waals surface area contributed by atoms with Gasteiger partial charge < -0.3 is 20.3 Å². The van der Waals surface area contributed by atoms with E-state index in [-0.39, 0.29) is 35.4 Å². The van der Waals surface area contributed by atoms with Gasteiger partial charge in [-0.15, -0.1) is 12.4 Å². The third-order valence-corrected chi connectivity index (χ3v) is 4.60. The molecule has 1 unspecified atom stereocenters. The van der Waals surface area contributed by atoms with Crippen LogP contribution in [0.4, 0.5) is 0 Å². The predicted molar refractivity (Wildman–Crippen MR) is 105 cm³/mol. The lowest BCUT2D eigenvalue weighted by Crippen LogP contribution is -2.38. The Morgan fingerprint density at radius 2 is 1.92 bits per heavy atom. The van der Waals surface area contributed by atoms with Gasteiger partial charge in [-0.05, 0) is 57.2 Å². The molecule has 2 rings (SSSR count). The topological polar surface area (TPSA) is 78.8 Å². The molecule has 0 spiro atoms. The number of benzene rings is 1. The van der Waals surface area contributed by atoms with Gasteiger partial charge in [0, 0.05) is 18.5 Å². The Labute approximate surface area is 162 Å². The maximum atomic E-state index is 12.1. The third-order valence-electron chi connectivity index (χ3n) is 4.60. The molecule has 0 bridgehead atoms. The van der Waals surface area contributed by atoms with Crippen molar-refractivity contribution in [3.05, 3.63) is 23.8 Å². The molecule has 6 heteroatoms. The zero-order chi connectivity index (χ0) is 18.4. The number of β-amino-alcohol motifs (C(OH)–C–C–N with tert-alkyl or cyclic N) is 1. The van der Waals surface area contributed by atoms with E-state index in [1.54, 1.807) is 12.1 Å². The van der Waals surface area contributed by atoms with Gasteiger partial charge >= 0.3 is 5.97 Å². The van der Waals surface area contributed by atoms with Crippen LogP contribution in [0, 0.1) is 5.92 Å². The highest BCUT2D eigenvalue weighted by Gasteiger charge is 2.20. The molecule has 1 fully saturated rings. The van der Waals surface area contributed by atoms with Gasteiger partial charge in [-0.1, -0.05) is 25.3 Å². The van der Waals surface area contributed by atoms with Crippen LogP contribution in [0.15, 0.2) is 18.2 Å². The first-order valence-corrected chi connectivity index (χ1v) is 9.21. The highest BCUT2D eigenvalue weighted by Crippen LogP contribution is 2.31. The second-order valence-electron chi connectivity index (χ2n) is 8.06. The van der Waals surface area contributed by atoms with Crippen molar-refractivity contribution < 1.29 is 19.7 Å². The first-order chi connectivity index (χ1) is 11.7. The molecule has 0 aromatic heterocycles. The van der Waals surface area contributed by atoms with Crippen LogP contribution in [0.1, 0.15) is 71.0 Å². The van der Waals surface area contributed by atoms with Gasteiger partial charge in [-0.25, -0.2) is 0 Å². The number of carbonyl (C=O) groups excluding carboxylic acids is 1. The summed E-state index contributed by atoms with van der Waals surface area (Å²) >= 11 is 0. The number of esters is 1. The van der Waals surface area contributed by atoms with Crippen LogP contribution < -0.4 is 10.1 Å². The minimum Gasteiger partial charge on any atom is -0.504 e. The number of hydrogen-bond donors (Lipinski definition) is 3. The van der Waals surface area contributed by atoms with Crippen molar-refractivity contribution in [2.45, 2.75) is 70.9 Å². The molecule has 0 saturated heterocycles. The van der Waals surface area contributed by atoms with E-state index in [2.05, 4.69) is 5.32 Å². The van der Waals surface area contributed by atoms with E-state index in [0.29, 0.717) is 24.4 Å². The van der Waals surface area contributed by atoms with Crippen LogP contribution in [-0.2, 0) is 4.79 Å². The van der Waals surface area contributed by atoms with Crippen molar-refractivity contribution in [2.75, 3.05) is 6.54 Å². The van der Waals surface area contributed by atoms with Gasteiger partial charge in [-0.2, -0.15) is 0 Å². The fraction of sp³-hybridized carbons (Fsp3) is 0.650. The summed E-state index contributed by atoms with van der Waals surface area (Å²) in [7, 11) is 0. The zero-order valence-electron chi connectivity index (χ0n) is 16.0. The molecule has 1 aliphatic rings. The number of phenols is 1. The zero-order valence-corrected chi connectivity index (χ0v) is 16.8. The lowest BCUT2D eigenvalue weighted by Gasteiger charge is -2.23. The quantitative estimate of drug-likeness (QED) is 0.507. The molecule has 1 aromatic rings. The predicted octanol–water partition coefficient (Wildman–Crippen LogP) is 4.11. The number of halogens is 1. The molecule has 1 aliphatic carbocycles. The number of phenolic OH excluding ortho intramolecular Hbond substituents is 1. The lowest BCUT2D eigenvalue weighted by atomic mass is 9.87. The summed E-state index contributed by atoms with van der Waals surface area (Å²) in [5.74, 6) is 0.128. The number of aliphatic hydroxyl groups is 1. The second-order valence-corrected chi connectivity index (χ2v) is 8.06. The summed E-state index contributed by atoms with van der Waals surface area (Å²) in [5.41, 5.74) is 0.485. The molecule has 1 aromatic carbocycles. The van der Waals surface area contributed by atoms with Gasteiger partial charge in [0.15, 0.2) is 11.5 Å². The average molecular weight is 386 g/mol. The number of aliphatic hydroxyl groups excluding tert-OH is 1. The fourth-order valence-corrected chi connectivity index (χ4v) is 3.14. The smallest absolute Gasteiger partial charge is 0.311 e. The lowest BCUT2D eigenvalue weighted by molar-refractivity contribution is -0.135. The Morgan fingerprint density at radius 1 is 1.27 bits per heavy atom. The molecule has 0 heterocycles. The van der Waals surface area contributed by atoms with Gasteiger partial charge in [-0.3, -0.25) is 4.79 Å². The first kappa shape index (κ1) is 22.7. The molecule has 148 valence electrons. The minimum atomic E-state index is -0.739. The van der Waals surface area contributed by atoms with E-state index in [9.17, 15) is 15.0 Å². The largest absolute Gasteiger partial charge is 0.504 e. The highest BCUT2D eigenvalue weighted by molar-refractivity contribution is 5.85. The number of rotatable bonds is 6. The molecule has 1 saturated carbocycles. The van der Waals surface area contributed by atoms with Crippen molar-refractivity contribution in [3.8, 4) is 11.5 Å². The highest BCUT2D eigenvalue weighted by atomic mass is 35.5. The van der Waals surface area contributed by atoms with Crippen molar-refractivity contribution in [2.24, 2.45) is 5.92 Å². The number of nitrogens with one attached hydrogen (secondary N) is 1. The van der Waals surface area contributed by atoms with Crippen LogP contribution in [0.3, 0.4) is 0 Å². The van der Waals surface area contributed by atoms with E-state index in [4.69, 9.17) is 4.74 Å². The average Bonchev–Trinajstić information content (AvgIpc) is 2.54. The van der Waals surface area contributed by atoms with Crippen LogP contribution in [0.25, 0.3) is 0 Å². The molecule has 0 aliphatic heterocycles. The monoisotopic (exact) mass is 385 g/mol. The molecule has 1 atom stereocenters. The molecule has 5 nitrogen and oxygen atoms in total. The summed E-state index contributed by atoms with van der Waals surface area (Å²) in [6.45, 7) is 6.44. The van der Waals surface area contributed by atoms with Crippen LogP contribution in [0.2, 0.25) is 0 Å². The standard InChI is InChI=1S/C20H31NO4.ClH/c1-20(2,3)21-13-17(23)15-9-10-18(16(22)12-15)25-19(24)11-14-7-5-4-6-8-14;/h9-10,12,14,17,21-23H,4-8,11,13H2,1-3H3;1H. The SMILES string of the molecule is CC(C)(C)NCC(O)c1ccc(OC(=O)CC2CCCCC2)c(O)c1.Cl. The van der Waals surface area contributed by atoms with E-state index >= 15 is 0 Å². The number of ether oxygens (including phenoxy) is 1. The maximum Gasteiger partial charge on any atom is 0.311 e. The molecular formula is C20H32ClNO4. The minimum absolute atomic E-state index is 0. The first-order valence-electron chi connectivity index (χ1n) is 9.21. The Kier molecular flexibility index (Phi) is 8.87. The number of carbonyl (C=O) groups is 1. The van der Waals surface area contributed by atoms with Crippen LogP contribution in [-0.4, -0.2) is 28.3 Å². The third kappa shape index (κ3) is 7.52. The van der Waals surface area contributed by atoms with Crippen molar-refractivity contribution >= 4 is 18.4 Å². The van der Waals surface area contributed by atoms with E-state index in [1.165, 1.54) is 25.3 Å². The molecule has 0 amide bonds. The normalized spacial score (nSPS) is 16.6. The summed E-state index contributed by atoms with van der Waals surface area (Å²) in [5, 5.41) is 23.5. The van der Waals surface area contributed by atoms with Gasteiger partial charge in [0.1, 0.15) is 0 Å². The Balaban J connectivity index is 0.00000338. The van der Waals surface area contributed by atoms with Crippen LogP contribution in [0.5, 0.6) is 11.5 Å². The van der Waals surface area contributed by atoms with Gasteiger partial charge in [0.05, 0.1) is 6.10 Å². The van der Waals surface area contributed by atoms with E-state index in [0.717, 1.165) is 12.8 Å². The Morgan fingerprint density at radius 3 is 2.50 bits per heavy atom. The fourth-order valence-electron chi connectivity index (χ4n) is 3.14. The van der Waals surface area contributed by atoms with Gasteiger partial charge in [0.2, 0.25) is 0 Å². The Hall–Kier alpha value is -1.30. The molecule has 3 N–H and O–H groups in total. The summed E-state index contributed by atoms with van der Waals surface area (Å²) in [6.07, 6.45) is 5.42. The molecular weight excluding hydrogens is 354 g/mol. The Bertz CT molecular complexity index is 580.